The highest BCUT2D eigenvalue weighted by molar-refractivity contribution is 6.00. The van der Waals surface area contributed by atoms with E-state index >= 15 is 0 Å². The van der Waals surface area contributed by atoms with Crippen molar-refractivity contribution in [2.24, 2.45) is 5.41 Å². The molecule has 0 aromatic heterocycles. The minimum Gasteiger partial charge on any atom is -0.483 e. The summed E-state index contributed by atoms with van der Waals surface area (Å²) >= 11 is 0. The summed E-state index contributed by atoms with van der Waals surface area (Å²) in [5, 5.41) is 9.21. The first kappa shape index (κ1) is 27.9. The van der Waals surface area contributed by atoms with E-state index in [1.807, 2.05) is 25.1 Å². The summed E-state index contributed by atoms with van der Waals surface area (Å²) in [5.41, 5.74) is 3.26. The number of hydrogen-bond acceptors (Lipinski definition) is 4. The number of nitrogens with zero attached hydrogens (tertiary/aromatic N) is 1. The van der Waals surface area contributed by atoms with Crippen LogP contribution in [0.1, 0.15) is 82.4 Å². The molecule has 2 N–H and O–H groups in total. The van der Waals surface area contributed by atoms with Crippen molar-refractivity contribution >= 4 is 24.7 Å². The van der Waals surface area contributed by atoms with Crippen molar-refractivity contribution in [3.63, 3.8) is 0 Å². The molecule has 1 unspecified atom stereocenters. The van der Waals surface area contributed by atoms with E-state index in [1.54, 1.807) is 0 Å². The van der Waals surface area contributed by atoms with Crippen molar-refractivity contribution in [2.75, 3.05) is 0 Å². The van der Waals surface area contributed by atoms with E-state index in [1.165, 1.54) is 24.2 Å². The number of imide groups is 1. The van der Waals surface area contributed by atoms with Gasteiger partial charge >= 0.3 is 0 Å². The predicted octanol–water partition coefficient (Wildman–Crippen LogP) is 3.81. The topological polar surface area (TPSA) is 104 Å². The molecule has 1 atom stereocenters. The van der Waals surface area contributed by atoms with Crippen molar-refractivity contribution in [2.45, 2.75) is 85.2 Å². The van der Waals surface area contributed by atoms with Crippen LogP contribution in [0, 0.1) is 24.2 Å². The molecule has 1 aromatic rings. The first-order chi connectivity index (χ1) is 15.6. The van der Waals surface area contributed by atoms with Gasteiger partial charge in [-0.3, -0.25) is 24.5 Å². The predicted molar refractivity (Wildman–Crippen MR) is 127 cm³/mol. The molecule has 7 heteroatoms. The third-order valence-electron chi connectivity index (χ3n) is 5.45. The van der Waals surface area contributed by atoms with Crippen LogP contribution in [0.3, 0.4) is 0 Å². The summed E-state index contributed by atoms with van der Waals surface area (Å²) in [4.78, 5) is 45.1. The average Bonchev–Trinajstić information content (AvgIpc) is 2.73. The largest absolute Gasteiger partial charge is 0.483 e. The monoisotopic (exact) mass is 456 g/mol. The Hall–Kier alpha value is -3.14. The molecule has 33 heavy (non-hydrogen) atoms. The molecule has 1 aliphatic rings. The van der Waals surface area contributed by atoms with Gasteiger partial charge < -0.3 is 10.0 Å². The minimum atomic E-state index is -0.622. The number of unbranched alkanes of at least 4 members (excludes halogenated alkanes) is 3. The molecule has 180 valence electrons. The Morgan fingerprint density at radius 3 is 2.48 bits per heavy atom. The molecule has 0 bridgehead atoms. The van der Waals surface area contributed by atoms with E-state index < -0.39 is 11.9 Å². The highest BCUT2D eigenvalue weighted by Crippen LogP contribution is 2.22. The van der Waals surface area contributed by atoms with E-state index in [-0.39, 0.29) is 18.8 Å². The third kappa shape index (κ3) is 10.3. The lowest BCUT2D eigenvalue weighted by atomic mass is 9.89. The summed E-state index contributed by atoms with van der Waals surface area (Å²) in [5.74, 6) is 5.84. The molecule has 1 saturated heterocycles. The lowest BCUT2D eigenvalue weighted by Crippen LogP contribution is -2.51. The molecule has 0 saturated carbocycles. The van der Waals surface area contributed by atoms with E-state index in [0.29, 0.717) is 24.8 Å². The number of aryl methyl sites for hydroxylation is 1. The zero-order chi connectivity index (χ0) is 24.9. The van der Waals surface area contributed by atoms with Crippen LogP contribution in [0.4, 0.5) is 0 Å². The summed E-state index contributed by atoms with van der Waals surface area (Å²) in [7, 11) is 0. The Kier molecular flexibility index (Phi) is 11.9. The fourth-order valence-corrected chi connectivity index (χ4v) is 3.63. The maximum absolute atomic E-state index is 12.2. The minimum absolute atomic E-state index is 0.246. The number of nitrogens with one attached hydrogen (secondary N) is 1. The second-order valence-corrected chi connectivity index (χ2v) is 9.37. The van der Waals surface area contributed by atoms with E-state index in [4.69, 9.17) is 9.90 Å². The first-order valence-corrected chi connectivity index (χ1v) is 11.3. The van der Waals surface area contributed by atoms with Crippen molar-refractivity contribution < 1.29 is 24.3 Å². The molecule has 0 spiro atoms. The molecule has 1 fully saturated rings. The zero-order valence-electron chi connectivity index (χ0n) is 20.1. The number of carbonyl (C=O) groups is 4. The molecule has 7 nitrogen and oxygen atoms in total. The van der Waals surface area contributed by atoms with Crippen LogP contribution in [-0.2, 0) is 25.7 Å². The standard InChI is InChI=1S/C25H34N2O3.CH2O2/c1-19-11-10-13-20(12-8-6-5-7-9-16-25(2,3)4)21(19)17-27(18-28)22-14-15-23(29)26-24(22)30;2-1-3/h10-11,13,18,22H,5-7,9,14-17H2,1-4H3,(H,26,29,30);1H,(H,2,3). The van der Waals surface area contributed by atoms with Gasteiger partial charge in [0.15, 0.2) is 0 Å². The fraction of sp³-hybridized carbons (Fsp3) is 0.538. The molecule has 2 rings (SSSR count). The summed E-state index contributed by atoms with van der Waals surface area (Å²) in [6.07, 6.45) is 6.86. The Morgan fingerprint density at radius 1 is 1.18 bits per heavy atom. The van der Waals surface area contributed by atoms with Gasteiger partial charge in [-0.1, -0.05) is 57.6 Å². The van der Waals surface area contributed by atoms with Crippen LogP contribution >= 0.6 is 0 Å². The number of hydrogen-bond donors (Lipinski definition) is 2. The first-order valence-electron chi connectivity index (χ1n) is 11.3. The molecule has 1 aromatic carbocycles. The molecule has 3 amide bonds. The van der Waals surface area contributed by atoms with Crippen LogP contribution in [0.2, 0.25) is 0 Å². The fourth-order valence-electron chi connectivity index (χ4n) is 3.63. The number of carbonyl (C=O) groups excluding carboxylic acids is 3. The second kappa shape index (κ2) is 14.1. The summed E-state index contributed by atoms with van der Waals surface area (Å²) in [6.45, 7) is 8.84. The highest BCUT2D eigenvalue weighted by Gasteiger charge is 2.31. The van der Waals surface area contributed by atoms with E-state index in [0.717, 1.165) is 29.5 Å². The van der Waals surface area contributed by atoms with Gasteiger partial charge in [0, 0.05) is 24.9 Å². The van der Waals surface area contributed by atoms with Gasteiger partial charge in [-0.05, 0) is 48.8 Å². The van der Waals surface area contributed by atoms with Gasteiger partial charge in [0.1, 0.15) is 6.04 Å². The smallest absolute Gasteiger partial charge is 0.290 e. The van der Waals surface area contributed by atoms with Gasteiger partial charge in [0.05, 0.1) is 0 Å². The van der Waals surface area contributed by atoms with Crippen molar-refractivity contribution in [3.8, 4) is 11.8 Å². The Labute approximate surface area is 196 Å². The number of amides is 3. The Bertz CT molecular complexity index is 877. The maximum Gasteiger partial charge on any atom is 0.290 e. The van der Waals surface area contributed by atoms with E-state index in [2.05, 4.69) is 37.9 Å². The van der Waals surface area contributed by atoms with Crippen LogP contribution < -0.4 is 5.32 Å². The summed E-state index contributed by atoms with van der Waals surface area (Å²) in [6, 6.07) is 5.29. The van der Waals surface area contributed by atoms with Crippen LogP contribution in [0.25, 0.3) is 0 Å². The molecular formula is C26H36N2O5. The van der Waals surface area contributed by atoms with Crippen molar-refractivity contribution in [3.05, 3.63) is 34.9 Å². The maximum atomic E-state index is 12.2. The van der Waals surface area contributed by atoms with Crippen LogP contribution in [0.15, 0.2) is 18.2 Å². The van der Waals surface area contributed by atoms with Crippen LogP contribution in [0.5, 0.6) is 0 Å². The van der Waals surface area contributed by atoms with Gasteiger partial charge in [0.25, 0.3) is 6.47 Å². The number of carboxylic acid groups (broad SMARTS) is 1. The Morgan fingerprint density at radius 2 is 1.88 bits per heavy atom. The SMILES string of the molecule is Cc1cccc(C#CCCCCCC(C)(C)C)c1CN(C=O)C1CCC(=O)NC1=O.O=CO. The van der Waals surface area contributed by atoms with Gasteiger partial charge in [-0.15, -0.1) is 0 Å². The normalized spacial score (nSPS) is 15.3. The van der Waals surface area contributed by atoms with Gasteiger partial charge in [-0.25, -0.2) is 0 Å². The number of piperidine rings is 1. The average molecular weight is 457 g/mol. The Balaban J connectivity index is 0.00000172. The van der Waals surface area contributed by atoms with Crippen molar-refractivity contribution in [1.29, 1.82) is 0 Å². The van der Waals surface area contributed by atoms with E-state index in [9.17, 15) is 14.4 Å². The van der Waals surface area contributed by atoms with Crippen LogP contribution in [-0.4, -0.2) is 40.7 Å². The number of rotatable bonds is 8. The molecular weight excluding hydrogens is 420 g/mol. The number of benzene rings is 1. The third-order valence-corrected chi connectivity index (χ3v) is 5.45. The van der Waals surface area contributed by atoms with Crippen molar-refractivity contribution in [1.82, 2.24) is 10.2 Å². The summed E-state index contributed by atoms with van der Waals surface area (Å²) < 4.78 is 0. The molecule has 0 radical (unpaired) electrons. The lowest BCUT2D eigenvalue weighted by Gasteiger charge is -2.30. The lowest BCUT2D eigenvalue weighted by molar-refractivity contribution is -0.141. The quantitative estimate of drug-likeness (QED) is 0.268. The molecule has 0 aliphatic carbocycles. The molecule has 1 aliphatic heterocycles. The highest BCUT2D eigenvalue weighted by atomic mass is 16.3. The van der Waals surface area contributed by atoms with Gasteiger partial charge in [0.2, 0.25) is 18.2 Å². The van der Waals surface area contributed by atoms with Gasteiger partial charge in [-0.2, -0.15) is 0 Å². The zero-order valence-corrected chi connectivity index (χ0v) is 20.1. The second-order valence-electron chi connectivity index (χ2n) is 9.37. The molecule has 1 heterocycles.